The van der Waals surface area contributed by atoms with Crippen molar-refractivity contribution in [2.45, 2.75) is 46.0 Å². The topological polar surface area (TPSA) is 41.1 Å². The van der Waals surface area contributed by atoms with E-state index in [0.29, 0.717) is 0 Å². The summed E-state index contributed by atoms with van der Waals surface area (Å²) >= 11 is 0. The van der Waals surface area contributed by atoms with Gasteiger partial charge in [-0.25, -0.2) is 0 Å². The fourth-order valence-corrected chi connectivity index (χ4v) is 2.79. The van der Waals surface area contributed by atoms with Gasteiger partial charge in [-0.2, -0.15) is 0 Å². The zero-order valence-corrected chi connectivity index (χ0v) is 12.8. The van der Waals surface area contributed by atoms with Gasteiger partial charge in [-0.3, -0.25) is 4.79 Å². The van der Waals surface area contributed by atoms with Crippen molar-refractivity contribution in [3.05, 3.63) is 0 Å². The lowest BCUT2D eigenvalue weighted by Crippen LogP contribution is -2.35. The fraction of sp³-hybridized carbons (Fsp3) is 0.929. The molecule has 18 heavy (non-hydrogen) atoms. The molecule has 1 amide bonds. The molecule has 3 nitrogen and oxygen atoms in total. The van der Waals surface area contributed by atoms with E-state index >= 15 is 0 Å². The third kappa shape index (κ3) is 6.60. The standard InChI is InChI=1S/C14H28N2O.ClH/c1-11-5-4-6-13(9-11)7-8-16-14(17)12(2)10-15-3;/h11-13,15H,4-10H2,1-3H3,(H,16,17);1H. The molecule has 0 bridgehead atoms. The first kappa shape index (κ1) is 17.7. The molecular formula is C14H29ClN2O. The van der Waals surface area contributed by atoms with E-state index in [0.717, 1.165) is 31.3 Å². The van der Waals surface area contributed by atoms with Crippen LogP contribution < -0.4 is 10.6 Å². The van der Waals surface area contributed by atoms with Crippen molar-refractivity contribution < 1.29 is 4.79 Å². The Balaban J connectivity index is 0.00000289. The molecule has 108 valence electrons. The molecule has 0 aromatic heterocycles. The molecule has 0 spiro atoms. The Bertz CT molecular complexity index is 236. The summed E-state index contributed by atoms with van der Waals surface area (Å²) in [6.45, 7) is 5.92. The van der Waals surface area contributed by atoms with Gasteiger partial charge in [-0.1, -0.05) is 33.1 Å². The van der Waals surface area contributed by atoms with Gasteiger partial charge in [-0.15, -0.1) is 12.4 Å². The Morgan fingerprint density at radius 3 is 2.72 bits per heavy atom. The molecule has 1 fully saturated rings. The first-order valence-electron chi connectivity index (χ1n) is 7.05. The van der Waals surface area contributed by atoms with Crippen LogP contribution in [0.1, 0.15) is 46.0 Å². The number of halogens is 1. The quantitative estimate of drug-likeness (QED) is 0.783. The summed E-state index contributed by atoms with van der Waals surface area (Å²) in [5.74, 6) is 1.97. The van der Waals surface area contributed by atoms with Crippen molar-refractivity contribution in [2.24, 2.45) is 17.8 Å². The maximum atomic E-state index is 11.7. The van der Waals surface area contributed by atoms with Crippen LogP contribution in [-0.4, -0.2) is 26.0 Å². The van der Waals surface area contributed by atoms with E-state index in [1.54, 1.807) is 0 Å². The number of hydrogen-bond donors (Lipinski definition) is 2. The zero-order valence-electron chi connectivity index (χ0n) is 12.0. The van der Waals surface area contributed by atoms with Gasteiger partial charge in [-0.05, 0) is 31.7 Å². The van der Waals surface area contributed by atoms with Crippen molar-refractivity contribution in [3.63, 3.8) is 0 Å². The van der Waals surface area contributed by atoms with Gasteiger partial charge < -0.3 is 10.6 Å². The maximum absolute atomic E-state index is 11.7. The van der Waals surface area contributed by atoms with Crippen LogP contribution in [0.15, 0.2) is 0 Å². The van der Waals surface area contributed by atoms with E-state index in [9.17, 15) is 4.79 Å². The van der Waals surface area contributed by atoms with Crippen molar-refractivity contribution in [1.82, 2.24) is 10.6 Å². The SMILES string of the molecule is CNCC(C)C(=O)NCCC1CCCC(C)C1.Cl. The second-order valence-electron chi connectivity index (χ2n) is 5.68. The number of carbonyl (C=O) groups is 1. The number of hydrogen-bond acceptors (Lipinski definition) is 2. The molecule has 1 rings (SSSR count). The van der Waals surface area contributed by atoms with Crippen LogP contribution in [-0.2, 0) is 4.79 Å². The lowest BCUT2D eigenvalue weighted by atomic mass is 9.81. The van der Waals surface area contributed by atoms with Gasteiger partial charge in [0.25, 0.3) is 0 Å². The van der Waals surface area contributed by atoms with Crippen LogP contribution in [0.3, 0.4) is 0 Å². The van der Waals surface area contributed by atoms with E-state index in [4.69, 9.17) is 0 Å². The van der Waals surface area contributed by atoms with Gasteiger partial charge in [0.1, 0.15) is 0 Å². The highest BCUT2D eigenvalue weighted by Crippen LogP contribution is 2.30. The maximum Gasteiger partial charge on any atom is 0.224 e. The molecular weight excluding hydrogens is 248 g/mol. The monoisotopic (exact) mass is 276 g/mol. The average molecular weight is 277 g/mol. The van der Waals surface area contributed by atoms with Crippen LogP contribution in [0, 0.1) is 17.8 Å². The highest BCUT2D eigenvalue weighted by molar-refractivity contribution is 5.85. The molecule has 0 aliphatic heterocycles. The minimum Gasteiger partial charge on any atom is -0.356 e. The molecule has 1 aliphatic carbocycles. The Hall–Kier alpha value is -0.280. The summed E-state index contributed by atoms with van der Waals surface area (Å²) in [6, 6.07) is 0. The molecule has 0 radical (unpaired) electrons. The average Bonchev–Trinajstić information content (AvgIpc) is 2.29. The minimum atomic E-state index is 0. The smallest absolute Gasteiger partial charge is 0.224 e. The predicted molar refractivity (Wildman–Crippen MR) is 79.1 cm³/mol. The van der Waals surface area contributed by atoms with Gasteiger partial charge in [0, 0.05) is 19.0 Å². The lowest BCUT2D eigenvalue weighted by Gasteiger charge is -2.26. The summed E-state index contributed by atoms with van der Waals surface area (Å²) in [7, 11) is 1.88. The van der Waals surface area contributed by atoms with Gasteiger partial charge in [0.15, 0.2) is 0 Å². The summed E-state index contributed by atoms with van der Waals surface area (Å²) < 4.78 is 0. The minimum absolute atomic E-state index is 0. The number of rotatable bonds is 6. The first-order valence-corrected chi connectivity index (χ1v) is 7.05. The predicted octanol–water partition coefficient (Wildman–Crippen LogP) is 2.60. The second kappa shape index (κ2) is 9.62. The van der Waals surface area contributed by atoms with E-state index in [1.807, 2.05) is 14.0 Å². The number of nitrogens with one attached hydrogen (secondary N) is 2. The van der Waals surface area contributed by atoms with Crippen molar-refractivity contribution in [3.8, 4) is 0 Å². The van der Waals surface area contributed by atoms with Crippen molar-refractivity contribution in [2.75, 3.05) is 20.1 Å². The Morgan fingerprint density at radius 1 is 1.39 bits per heavy atom. The fourth-order valence-electron chi connectivity index (χ4n) is 2.79. The molecule has 3 atom stereocenters. The summed E-state index contributed by atoms with van der Waals surface area (Å²) in [5, 5.41) is 6.08. The van der Waals surface area contributed by atoms with Gasteiger partial charge in [0.05, 0.1) is 0 Å². The van der Waals surface area contributed by atoms with Crippen LogP contribution in [0.25, 0.3) is 0 Å². The number of carbonyl (C=O) groups excluding carboxylic acids is 1. The molecule has 0 aromatic rings. The third-order valence-electron chi connectivity index (χ3n) is 3.85. The molecule has 2 N–H and O–H groups in total. The molecule has 1 saturated carbocycles. The second-order valence-corrected chi connectivity index (χ2v) is 5.68. The normalized spacial score (nSPS) is 25.1. The van der Waals surface area contributed by atoms with E-state index in [-0.39, 0.29) is 24.2 Å². The Kier molecular flexibility index (Phi) is 9.47. The summed E-state index contributed by atoms with van der Waals surface area (Å²) in [4.78, 5) is 11.7. The molecule has 3 unspecified atom stereocenters. The largest absolute Gasteiger partial charge is 0.356 e. The van der Waals surface area contributed by atoms with Crippen molar-refractivity contribution in [1.29, 1.82) is 0 Å². The lowest BCUT2D eigenvalue weighted by molar-refractivity contribution is -0.124. The summed E-state index contributed by atoms with van der Waals surface area (Å²) in [5.41, 5.74) is 0. The third-order valence-corrected chi connectivity index (χ3v) is 3.85. The van der Waals surface area contributed by atoms with Gasteiger partial charge in [0.2, 0.25) is 5.91 Å². The van der Waals surface area contributed by atoms with E-state index in [1.165, 1.54) is 25.7 Å². The Labute approximate surface area is 118 Å². The highest BCUT2D eigenvalue weighted by atomic mass is 35.5. The zero-order chi connectivity index (χ0) is 12.7. The highest BCUT2D eigenvalue weighted by Gasteiger charge is 2.19. The van der Waals surface area contributed by atoms with E-state index < -0.39 is 0 Å². The van der Waals surface area contributed by atoms with Crippen LogP contribution >= 0.6 is 12.4 Å². The van der Waals surface area contributed by atoms with Gasteiger partial charge >= 0.3 is 0 Å². The van der Waals surface area contributed by atoms with Crippen molar-refractivity contribution >= 4 is 18.3 Å². The van der Waals surface area contributed by atoms with Crippen LogP contribution in [0.5, 0.6) is 0 Å². The first-order chi connectivity index (χ1) is 8.13. The molecule has 0 aromatic carbocycles. The molecule has 0 saturated heterocycles. The van der Waals surface area contributed by atoms with E-state index in [2.05, 4.69) is 17.6 Å². The summed E-state index contributed by atoms with van der Waals surface area (Å²) in [6.07, 6.45) is 6.62. The van der Waals surface area contributed by atoms with Crippen LogP contribution in [0.4, 0.5) is 0 Å². The molecule has 0 heterocycles. The molecule has 4 heteroatoms. The Morgan fingerprint density at radius 2 is 2.11 bits per heavy atom. The van der Waals surface area contributed by atoms with Crippen LogP contribution in [0.2, 0.25) is 0 Å². The number of amides is 1. The molecule has 1 aliphatic rings.